The highest BCUT2D eigenvalue weighted by Crippen LogP contribution is 2.72. The van der Waals surface area contributed by atoms with Crippen molar-refractivity contribution in [3.63, 3.8) is 0 Å². The molecular weight excluding hydrogens is 166 g/mol. The van der Waals surface area contributed by atoms with E-state index in [1.165, 1.54) is 0 Å². The van der Waals surface area contributed by atoms with E-state index in [0.29, 0.717) is 17.3 Å². The van der Waals surface area contributed by atoms with E-state index in [2.05, 4.69) is 19.0 Å². The molecule has 2 fully saturated rings. The lowest BCUT2D eigenvalue weighted by Gasteiger charge is -2.26. The third kappa shape index (κ3) is 0.688. The summed E-state index contributed by atoms with van der Waals surface area (Å²) in [4.78, 5) is 5.11. The van der Waals surface area contributed by atoms with Crippen molar-refractivity contribution < 1.29 is 9.94 Å². The molecule has 1 N–H and O–H groups in total. The zero-order chi connectivity index (χ0) is 9.43. The fourth-order valence-corrected chi connectivity index (χ4v) is 3.45. The molecule has 2 aliphatic carbocycles. The van der Waals surface area contributed by atoms with Gasteiger partial charge in [-0.2, -0.15) is 0 Å². The van der Waals surface area contributed by atoms with E-state index in [9.17, 15) is 5.11 Å². The van der Waals surface area contributed by atoms with Gasteiger partial charge in [-0.25, -0.2) is 0 Å². The maximum atomic E-state index is 10.1. The molecule has 0 aromatic rings. The van der Waals surface area contributed by atoms with Crippen molar-refractivity contribution >= 4 is 5.71 Å². The highest BCUT2D eigenvalue weighted by atomic mass is 16.7. The van der Waals surface area contributed by atoms with Gasteiger partial charge in [-0.05, 0) is 24.2 Å². The van der Waals surface area contributed by atoms with Gasteiger partial charge >= 0.3 is 0 Å². The van der Waals surface area contributed by atoms with E-state index in [-0.39, 0.29) is 5.92 Å². The van der Waals surface area contributed by atoms with E-state index in [4.69, 9.17) is 4.84 Å². The van der Waals surface area contributed by atoms with Gasteiger partial charge in [-0.1, -0.05) is 19.0 Å². The Morgan fingerprint density at radius 2 is 2.23 bits per heavy atom. The molecule has 0 amide bonds. The summed E-state index contributed by atoms with van der Waals surface area (Å²) in [5.41, 5.74) is 1.36. The van der Waals surface area contributed by atoms with Crippen LogP contribution in [0, 0.1) is 23.2 Å². The van der Waals surface area contributed by atoms with E-state index >= 15 is 0 Å². The summed E-state index contributed by atoms with van der Waals surface area (Å²) in [6.45, 7) is 6.50. The quantitative estimate of drug-likeness (QED) is 0.613. The summed E-state index contributed by atoms with van der Waals surface area (Å²) >= 11 is 0. The van der Waals surface area contributed by atoms with E-state index < -0.39 is 5.79 Å². The average Bonchev–Trinajstić information content (AvgIpc) is 2.44. The lowest BCUT2D eigenvalue weighted by Crippen LogP contribution is -2.38. The molecule has 3 aliphatic rings. The summed E-state index contributed by atoms with van der Waals surface area (Å²) in [5, 5.41) is 14.0. The second-order valence-electron chi connectivity index (χ2n) is 5.30. The molecule has 3 rings (SSSR count). The van der Waals surface area contributed by atoms with Crippen LogP contribution in [0.25, 0.3) is 0 Å². The van der Waals surface area contributed by atoms with Crippen molar-refractivity contribution in [1.29, 1.82) is 0 Å². The van der Waals surface area contributed by atoms with Crippen LogP contribution in [0.15, 0.2) is 5.16 Å². The van der Waals surface area contributed by atoms with E-state index in [0.717, 1.165) is 12.1 Å². The van der Waals surface area contributed by atoms with Crippen molar-refractivity contribution in [3.05, 3.63) is 0 Å². The van der Waals surface area contributed by atoms with Gasteiger partial charge in [-0.3, -0.25) is 0 Å². The Labute approximate surface area is 77.8 Å². The topological polar surface area (TPSA) is 41.8 Å². The monoisotopic (exact) mass is 181 g/mol. The van der Waals surface area contributed by atoms with Crippen LogP contribution in [-0.4, -0.2) is 16.6 Å². The first kappa shape index (κ1) is 7.80. The molecule has 13 heavy (non-hydrogen) atoms. The van der Waals surface area contributed by atoms with Gasteiger partial charge in [0.2, 0.25) is 5.79 Å². The van der Waals surface area contributed by atoms with Crippen LogP contribution in [0.5, 0.6) is 0 Å². The van der Waals surface area contributed by atoms with Crippen molar-refractivity contribution in [1.82, 2.24) is 0 Å². The first-order chi connectivity index (χ1) is 5.97. The Hall–Kier alpha value is -0.570. The molecule has 0 unspecified atom stereocenters. The first-order valence-corrected chi connectivity index (χ1v) is 4.92. The molecule has 0 spiro atoms. The fourth-order valence-electron chi connectivity index (χ4n) is 3.45. The lowest BCUT2D eigenvalue weighted by atomic mass is 9.86. The van der Waals surface area contributed by atoms with Crippen LogP contribution >= 0.6 is 0 Å². The number of nitrogens with zero attached hydrogens (tertiary/aromatic N) is 1. The average molecular weight is 181 g/mol. The van der Waals surface area contributed by atoms with Crippen molar-refractivity contribution in [2.45, 2.75) is 33.0 Å². The standard InChI is InChI=1S/C10H15NO2/c1-5-7-8-6(9(8,2)3)4-10(7,12)13-11-5/h6-8,12H,4H2,1-3H3/t6-,7-,8+,10+/m1/s1. The van der Waals surface area contributed by atoms with Crippen LogP contribution in [-0.2, 0) is 4.84 Å². The Morgan fingerprint density at radius 1 is 1.54 bits per heavy atom. The molecule has 72 valence electrons. The number of oxime groups is 1. The molecule has 0 aromatic heterocycles. The number of aliphatic hydroxyl groups is 1. The van der Waals surface area contributed by atoms with Crippen LogP contribution in [0.3, 0.4) is 0 Å². The summed E-state index contributed by atoms with van der Waals surface area (Å²) in [7, 11) is 0. The van der Waals surface area contributed by atoms with Crippen molar-refractivity contribution in [3.8, 4) is 0 Å². The minimum atomic E-state index is -0.949. The summed E-state index contributed by atoms with van der Waals surface area (Å²) in [6, 6.07) is 0. The maximum Gasteiger partial charge on any atom is 0.243 e. The van der Waals surface area contributed by atoms with Gasteiger partial charge in [0.05, 0.1) is 11.6 Å². The predicted octanol–water partition coefficient (Wildman–Crippen LogP) is 1.37. The van der Waals surface area contributed by atoms with Crippen LogP contribution in [0.2, 0.25) is 0 Å². The van der Waals surface area contributed by atoms with E-state index in [1.807, 2.05) is 6.92 Å². The molecule has 1 aliphatic heterocycles. The van der Waals surface area contributed by atoms with E-state index in [1.54, 1.807) is 0 Å². The van der Waals surface area contributed by atoms with Crippen LogP contribution in [0.4, 0.5) is 0 Å². The molecule has 4 atom stereocenters. The zero-order valence-electron chi connectivity index (χ0n) is 8.24. The molecule has 2 saturated carbocycles. The van der Waals surface area contributed by atoms with Gasteiger partial charge in [0.15, 0.2) is 0 Å². The second kappa shape index (κ2) is 1.78. The van der Waals surface area contributed by atoms with Crippen molar-refractivity contribution in [2.75, 3.05) is 0 Å². The number of rotatable bonds is 0. The van der Waals surface area contributed by atoms with Gasteiger partial charge in [0.1, 0.15) is 0 Å². The fraction of sp³-hybridized carbons (Fsp3) is 0.900. The predicted molar refractivity (Wildman–Crippen MR) is 48.0 cm³/mol. The molecule has 0 saturated heterocycles. The molecule has 3 heteroatoms. The Morgan fingerprint density at radius 3 is 2.92 bits per heavy atom. The molecular formula is C10H15NO2. The molecule has 0 aromatic carbocycles. The van der Waals surface area contributed by atoms with Gasteiger partial charge in [-0.15, -0.1) is 0 Å². The van der Waals surface area contributed by atoms with Crippen LogP contribution in [0.1, 0.15) is 27.2 Å². The summed E-state index contributed by atoms with van der Waals surface area (Å²) in [6.07, 6.45) is 0.760. The van der Waals surface area contributed by atoms with Gasteiger partial charge in [0.25, 0.3) is 0 Å². The lowest BCUT2D eigenvalue weighted by molar-refractivity contribution is -0.208. The third-order valence-corrected chi connectivity index (χ3v) is 4.29. The zero-order valence-corrected chi connectivity index (χ0v) is 8.24. The van der Waals surface area contributed by atoms with Gasteiger partial charge < -0.3 is 9.94 Å². The molecule has 1 heterocycles. The largest absolute Gasteiger partial charge is 0.360 e. The van der Waals surface area contributed by atoms with Crippen LogP contribution < -0.4 is 0 Å². The SMILES string of the molecule is CC1=NO[C@@]2(O)C[C@@H]3[C@@H]([C@@H]12)C3(C)C. The third-order valence-electron chi connectivity index (χ3n) is 4.29. The number of fused-ring (bicyclic) bond motifs is 3. The number of hydrogen-bond acceptors (Lipinski definition) is 3. The molecule has 0 bridgehead atoms. The second-order valence-corrected chi connectivity index (χ2v) is 5.30. The van der Waals surface area contributed by atoms with Crippen molar-refractivity contribution in [2.24, 2.45) is 28.3 Å². The first-order valence-electron chi connectivity index (χ1n) is 4.92. The Balaban J connectivity index is 1.98. The number of hydrogen-bond donors (Lipinski definition) is 1. The minimum absolute atomic E-state index is 0.160. The summed E-state index contributed by atoms with van der Waals surface area (Å²) in [5.74, 6) is 0.429. The molecule has 0 radical (unpaired) electrons. The normalized spacial score (nSPS) is 55.1. The van der Waals surface area contributed by atoms with Gasteiger partial charge in [0, 0.05) is 6.42 Å². The maximum absolute atomic E-state index is 10.1. The Bertz CT molecular complexity index is 310. The highest BCUT2D eigenvalue weighted by molar-refractivity contribution is 5.87. The highest BCUT2D eigenvalue weighted by Gasteiger charge is 2.75. The Kier molecular flexibility index (Phi) is 1.07. The molecule has 3 nitrogen and oxygen atoms in total. The summed E-state index contributed by atoms with van der Waals surface area (Å²) < 4.78 is 0. The minimum Gasteiger partial charge on any atom is -0.360 e. The smallest absolute Gasteiger partial charge is 0.243 e.